The number of aromatic hydroxyl groups is 1. The van der Waals surface area contributed by atoms with E-state index in [4.69, 9.17) is 9.84 Å². The van der Waals surface area contributed by atoms with Gasteiger partial charge in [0, 0.05) is 5.56 Å². The highest BCUT2D eigenvalue weighted by atomic mass is 16.5. The average molecular weight is 238 g/mol. The molecule has 0 fully saturated rings. The molecule has 1 rings (SSSR count). The lowest BCUT2D eigenvalue weighted by Gasteiger charge is -2.16. The van der Waals surface area contributed by atoms with Crippen LogP contribution in [0.15, 0.2) is 18.2 Å². The van der Waals surface area contributed by atoms with Crippen LogP contribution in [0.3, 0.4) is 0 Å². The van der Waals surface area contributed by atoms with E-state index in [0.717, 1.165) is 0 Å². The smallest absolute Gasteiger partial charge is 0.306 e. The molecule has 0 saturated heterocycles. The minimum atomic E-state index is -0.885. The van der Waals surface area contributed by atoms with Crippen LogP contribution in [-0.2, 0) is 11.2 Å². The first kappa shape index (κ1) is 13.4. The number of benzene rings is 1. The van der Waals surface area contributed by atoms with Gasteiger partial charge in [-0.15, -0.1) is 0 Å². The Hall–Kier alpha value is -1.71. The van der Waals surface area contributed by atoms with Crippen molar-refractivity contribution >= 4 is 5.97 Å². The molecule has 0 aliphatic heterocycles. The van der Waals surface area contributed by atoms with E-state index in [9.17, 15) is 9.90 Å². The number of phenols is 1. The molecule has 1 aromatic rings. The first-order valence-corrected chi connectivity index (χ1v) is 5.62. The van der Waals surface area contributed by atoms with Crippen LogP contribution in [0, 0.1) is 5.92 Å². The van der Waals surface area contributed by atoms with Crippen molar-refractivity contribution in [2.45, 2.75) is 33.3 Å². The van der Waals surface area contributed by atoms with Gasteiger partial charge in [0.15, 0.2) is 0 Å². The molecule has 0 heterocycles. The van der Waals surface area contributed by atoms with Crippen LogP contribution in [0.5, 0.6) is 11.5 Å². The van der Waals surface area contributed by atoms with E-state index in [1.807, 2.05) is 13.8 Å². The summed E-state index contributed by atoms with van der Waals surface area (Å²) in [6, 6.07) is 4.96. The molecule has 4 nitrogen and oxygen atoms in total. The van der Waals surface area contributed by atoms with E-state index >= 15 is 0 Å². The SMILES string of the molecule is CC(C)Oc1cccc(O)c1CC(C)C(=O)O. The molecule has 0 radical (unpaired) electrons. The highest BCUT2D eigenvalue weighted by Crippen LogP contribution is 2.30. The molecule has 0 saturated carbocycles. The largest absolute Gasteiger partial charge is 0.508 e. The Balaban J connectivity index is 2.99. The maximum absolute atomic E-state index is 10.8. The number of phenolic OH excluding ortho intramolecular Hbond substituents is 1. The van der Waals surface area contributed by atoms with Crippen molar-refractivity contribution < 1.29 is 19.7 Å². The second-order valence-corrected chi connectivity index (χ2v) is 4.36. The van der Waals surface area contributed by atoms with Crippen molar-refractivity contribution in [3.63, 3.8) is 0 Å². The Labute approximate surface area is 101 Å². The number of carbonyl (C=O) groups is 1. The van der Waals surface area contributed by atoms with Crippen LogP contribution in [0.4, 0.5) is 0 Å². The van der Waals surface area contributed by atoms with Crippen molar-refractivity contribution in [1.82, 2.24) is 0 Å². The van der Waals surface area contributed by atoms with Gasteiger partial charge >= 0.3 is 5.97 Å². The topological polar surface area (TPSA) is 66.8 Å². The van der Waals surface area contributed by atoms with Gasteiger partial charge in [0.25, 0.3) is 0 Å². The van der Waals surface area contributed by atoms with Crippen molar-refractivity contribution in [2.75, 3.05) is 0 Å². The summed E-state index contributed by atoms with van der Waals surface area (Å²) in [7, 11) is 0. The van der Waals surface area contributed by atoms with Gasteiger partial charge in [-0.2, -0.15) is 0 Å². The molecule has 94 valence electrons. The van der Waals surface area contributed by atoms with Gasteiger partial charge in [-0.25, -0.2) is 0 Å². The molecule has 0 aromatic heterocycles. The summed E-state index contributed by atoms with van der Waals surface area (Å²) in [4.78, 5) is 10.8. The van der Waals surface area contributed by atoms with E-state index in [-0.39, 0.29) is 18.3 Å². The zero-order chi connectivity index (χ0) is 13.0. The highest BCUT2D eigenvalue weighted by Gasteiger charge is 2.18. The fraction of sp³-hybridized carbons (Fsp3) is 0.462. The van der Waals surface area contributed by atoms with Crippen molar-refractivity contribution in [2.24, 2.45) is 5.92 Å². The first-order valence-electron chi connectivity index (χ1n) is 5.62. The summed E-state index contributed by atoms with van der Waals surface area (Å²) < 4.78 is 5.55. The summed E-state index contributed by atoms with van der Waals surface area (Å²) >= 11 is 0. The van der Waals surface area contributed by atoms with E-state index in [0.29, 0.717) is 11.3 Å². The van der Waals surface area contributed by atoms with Gasteiger partial charge < -0.3 is 14.9 Å². The third-order valence-corrected chi connectivity index (χ3v) is 2.40. The zero-order valence-electron chi connectivity index (χ0n) is 10.3. The predicted molar refractivity (Wildman–Crippen MR) is 64.4 cm³/mol. The molecule has 1 aromatic carbocycles. The summed E-state index contributed by atoms with van der Waals surface area (Å²) in [5.74, 6) is -0.814. The molecule has 1 unspecified atom stereocenters. The molecule has 0 bridgehead atoms. The van der Waals surface area contributed by atoms with Gasteiger partial charge in [0.1, 0.15) is 11.5 Å². The van der Waals surface area contributed by atoms with Crippen LogP contribution >= 0.6 is 0 Å². The molecule has 0 amide bonds. The second-order valence-electron chi connectivity index (χ2n) is 4.36. The molecular weight excluding hydrogens is 220 g/mol. The minimum absolute atomic E-state index is 0.0179. The average Bonchev–Trinajstić information content (AvgIpc) is 2.22. The Bertz CT molecular complexity index is 398. The summed E-state index contributed by atoms with van der Waals surface area (Å²) in [5.41, 5.74) is 0.552. The maximum atomic E-state index is 10.8. The van der Waals surface area contributed by atoms with E-state index < -0.39 is 11.9 Å². The maximum Gasteiger partial charge on any atom is 0.306 e. The van der Waals surface area contributed by atoms with Crippen LogP contribution in [0.25, 0.3) is 0 Å². The van der Waals surface area contributed by atoms with Crippen LogP contribution in [0.1, 0.15) is 26.3 Å². The van der Waals surface area contributed by atoms with Gasteiger partial charge in [-0.1, -0.05) is 13.0 Å². The number of aliphatic carboxylic acids is 1. The van der Waals surface area contributed by atoms with Gasteiger partial charge in [-0.3, -0.25) is 4.79 Å². The monoisotopic (exact) mass is 238 g/mol. The molecular formula is C13H18O4. The number of carboxylic acids is 1. The second kappa shape index (κ2) is 5.57. The molecule has 1 atom stereocenters. The van der Waals surface area contributed by atoms with Gasteiger partial charge in [-0.05, 0) is 32.4 Å². The minimum Gasteiger partial charge on any atom is -0.508 e. The van der Waals surface area contributed by atoms with Crippen molar-refractivity contribution in [1.29, 1.82) is 0 Å². The quantitative estimate of drug-likeness (QED) is 0.826. The van der Waals surface area contributed by atoms with Crippen molar-refractivity contribution in [3.8, 4) is 11.5 Å². The van der Waals surface area contributed by atoms with Crippen LogP contribution < -0.4 is 4.74 Å². The molecule has 0 aliphatic rings. The predicted octanol–water partition coefficient (Wildman–Crippen LogP) is 2.44. The number of hydrogen-bond donors (Lipinski definition) is 2. The van der Waals surface area contributed by atoms with Crippen LogP contribution in [0.2, 0.25) is 0 Å². The Morgan fingerprint density at radius 3 is 2.53 bits per heavy atom. The normalized spacial score (nSPS) is 12.5. The van der Waals surface area contributed by atoms with Crippen molar-refractivity contribution in [3.05, 3.63) is 23.8 Å². The Kier molecular flexibility index (Phi) is 4.37. The fourth-order valence-electron chi connectivity index (χ4n) is 1.52. The van der Waals surface area contributed by atoms with Crippen LogP contribution in [-0.4, -0.2) is 22.3 Å². The highest BCUT2D eigenvalue weighted by molar-refractivity contribution is 5.70. The first-order chi connectivity index (χ1) is 7.91. The number of rotatable bonds is 5. The van der Waals surface area contributed by atoms with E-state index in [1.54, 1.807) is 19.1 Å². The standard InChI is InChI=1S/C13H18O4/c1-8(2)17-12-6-4-5-11(14)10(12)7-9(3)13(15)16/h4-6,8-9,14H,7H2,1-3H3,(H,15,16). The third-order valence-electron chi connectivity index (χ3n) is 2.40. The summed E-state index contributed by atoms with van der Waals surface area (Å²) in [5, 5.41) is 18.6. The summed E-state index contributed by atoms with van der Waals surface area (Å²) in [6.45, 7) is 5.37. The Morgan fingerprint density at radius 1 is 1.35 bits per heavy atom. The third kappa shape index (κ3) is 3.66. The lowest BCUT2D eigenvalue weighted by atomic mass is 9.99. The Morgan fingerprint density at radius 2 is 2.00 bits per heavy atom. The lowest BCUT2D eigenvalue weighted by molar-refractivity contribution is -0.141. The van der Waals surface area contributed by atoms with Gasteiger partial charge in [0.05, 0.1) is 12.0 Å². The molecule has 0 spiro atoms. The van der Waals surface area contributed by atoms with E-state index in [1.165, 1.54) is 6.07 Å². The van der Waals surface area contributed by atoms with Gasteiger partial charge in [0.2, 0.25) is 0 Å². The fourth-order valence-corrected chi connectivity index (χ4v) is 1.52. The summed E-state index contributed by atoms with van der Waals surface area (Å²) in [6.07, 6.45) is 0.236. The molecule has 2 N–H and O–H groups in total. The number of carboxylic acid groups (broad SMARTS) is 1. The number of ether oxygens (including phenoxy) is 1. The lowest BCUT2D eigenvalue weighted by Crippen LogP contribution is -2.14. The van der Waals surface area contributed by atoms with E-state index in [2.05, 4.69) is 0 Å². The number of hydrogen-bond acceptors (Lipinski definition) is 3. The molecule has 0 aliphatic carbocycles. The molecule has 17 heavy (non-hydrogen) atoms. The zero-order valence-corrected chi connectivity index (χ0v) is 10.3. The molecule has 4 heteroatoms.